The Morgan fingerprint density at radius 2 is 2.22 bits per heavy atom. The van der Waals surface area contributed by atoms with Gasteiger partial charge in [0.25, 0.3) is 0 Å². The summed E-state index contributed by atoms with van der Waals surface area (Å²) in [5.41, 5.74) is 0.889. The van der Waals surface area contributed by atoms with E-state index in [-0.39, 0.29) is 18.6 Å². The van der Waals surface area contributed by atoms with Crippen molar-refractivity contribution in [2.45, 2.75) is 25.2 Å². The van der Waals surface area contributed by atoms with Crippen LogP contribution in [0.3, 0.4) is 0 Å². The van der Waals surface area contributed by atoms with Gasteiger partial charge in [-0.1, -0.05) is 23.7 Å². The zero-order chi connectivity index (χ0) is 17.0. The lowest BCUT2D eigenvalue weighted by molar-refractivity contribution is -0.143. The number of benzene rings is 1. The fourth-order valence-corrected chi connectivity index (χ4v) is 2.83. The number of hydrogen-bond donors (Lipinski definition) is 1. The van der Waals surface area contributed by atoms with Crippen molar-refractivity contribution in [2.24, 2.45) is 0 Å². The highest BCUT2D eigenvalue weighted by molar-refractivity contribution is 6.30. The van der Waals surface area contributed by atoms with Gasteiger partial charge in [0.05, 0.1) is 6.54 Å². The SMILES string of the molecule is CN(Cc1cccc(Cl)c1)C(=O)NC1CCN(CC(F)(F)F)C1. The summed E-state index contributed by atoms with van der Waals surface area (Å²) in [5, 5.41) is 3.37. The summed E-state index contributed by atoms with van der Waals surface area (Å²) in [6.45, 7) is 0.00181. The molecular formula is C15H19ClF3N3O. The molecule has 1 fully saturated rings. The van der Waals surface area contributed by atoms with E-state index in [9.17, 15) is 18.0 Å². The first-order valence-corrected chi connectivity index (χ1v) is 7.66. The second-order valence-corrected chi connectivity index (χ2v) is 6.21. The number of nitrogens with zero attached hydrogens (tertiary/aromatic N) is 2. The Morgan fingerprint density at radius 3 is 2.87 bits per heavy atom. The molecule has 23 heavy (non-hydrogen) atoms. The summed E-state index contributed by atoms with van der Waals surface area (Å²) in [6.07, 6.45) is -3.69. The molecule has 128 valence electrons. The summed E-state index contributed by atoms with van der Waals surface area (Å²) >= 11 is 5.90. The van der Waals surface area contributed by atoms with Gasteiger partial charge in [-0.2, -0.15) is 13.2 Å². The Labute approximate surface area is 138 Å². The Hall–Kier alpha value is -1.47. The van der Waals surface area contributed by atoms with Crippen LogP contribution < -0.4 is 5.32 Å². The third kappa shape index (κ3) is 5.91. The molecule has 1 heterocycles. The zero-order valence-electron chi connectivity index (χ0n) is 12.7. The minimum Gasteiger partial charge on any atom is -0.334 e. The lowest BCUT2D eigenvalue weighted by Crippen LogP contribution is -2.44. The zero-order valence-corrected chi connectivity index (χ0v) is 13.5. The molecule has 0 saturated carbocycles. The monoisotopic (exact) mass is 349 g/mol. The lowest BCUT2D eigenvalue weighted by atomic mass is 10.2. The van der Waals surface area contributed by atoms with Crippen LogP contribution in [0.15, 0.2) is 24.3 Å². The van der Waals surface area contributed by atoms with Gasteiger partial charge in [0, 0.05) is 37.7 Å². The number of likely N-dealkylation sites (tertiary alicyclic amines) is 1. The first kappa shape index (κ1) is 17.9. The van der Waals surface area contributed by atoms with Crippen LogP contribution in [0.4, 0.5) is 18.0 Å². The van der Waals surface area contributed by atoms with Gasteiger partial charge in [0.2, 0.25) is 0 Å². The minimum absolute atomic E-state index is 0.219. The van der Waals surface area contributed by atoms with E-state index in [2.05, 4.69) is 5.32 Å². The largest absolute Gasteiger partial charge is 0.401 e. The van der Waals surface area contributed by atoms with Gasteiger partial charge in [-0.15, -0.1) is 0 Å². The highest BCUT2D eigenvalue weighted by atomic mass is 35.5. The molecule has 0 radical (unpaired) electrons. The second kappa shape index (κ2) is 7.40. The standard InChI is InChI=1S/C15H19ClF3N3O/c1-21(8-11-3-2-4-12(16)7-11)14(23)20-13-5-6-22(9-13)10-15(17,18)19/h2-4,7,13H,5-6,8-10H2,1H3,(H,20,23). The van der Waals surface area contributed by atoms with E-state index in [1.54, 1.807) is 25.2 Å². The normalized spacial score (nSPS) is 18.9. The second-order valence-electron chi connectivity index (χ2n) is 5.77. The number of carbonyl (C=O) groups excluding carboxylic acids is 1. The predicted molar refractivity (Wildman–Crippen MR) is 82.4 cm³/mol. The molecule has 0 aromatic heterocycles. The van der Waals surface area contributed by atoms with Crippen molar-refractivity contribution in [3.8, 4) is 0 Å². The van der Waals surface area contributed by atoms with Gasteiger partial charge >= 0.3 is 12.2 Å². The van der Waals surface area contributed by atoms with E-state index >= 15 is 0 Å². The topological polar surface area (TPSA) is 35.6 Å². The Kier molecular flexibility index (Phi) is 5.75. The molecule has 1 saturated heterocycles. The van der Waals surface area contributed by atoms with Crippen LogP contribution in [0.25, 0.3) is 0 Å². The van der Waals surface area contributed by atoms with Gasteiger partial charge in [0.1, 0.15) is 0 Å². The van der Waals surface area contributed by atoms with Crippen molar-refractivity contribution in [2.75, 3.05) is 26.7 Å². The summed E-state index contributed by atoms with van der Waals surface area (Å²) in [5.74, 6) is 0. The number of rotatable bonds is 4. The van der Waals surface area contributed by atoms with E-state index < -0.39 is 12.7 Å². The summed E-state index contributed by atoms with van der Waals surface area (Å²) in [4.78, 5) is 14.9. The maximum absolute atomic E-state index is 12.4. The van der Waals surface area contributed by atoms with Crippen molar-refractivity contribution in [3.63, 3.8) is 0 Å². The van der Waals surface area contributed by atoms with Crippen molar-refractivity contribution in [1.29, 1.82) is 0 Å². The van der Waals surface area contributed by atoms with Crippen molar-refractivity contribution in [1.82, 2.24) is 15.1 Å². The van der Waals surface area contributed by atoms with Crippen LogP contribution in [-0.4, -0.2) is 54.7 Å². The molecule has 0 bridgehead atoms. The predicted octanol–water partition coefficient (Wildman–Crippen LogP) is 3.12. The van der Waals surface area contributed by atoms with Crippen LogP contribution in [0.1, 0.15) is 12.0 Å². The van der Waals surface area contributed by atoms with E-state index in [4.69, 9.17) is 11.6 Å². The van der Waals surface area contributed by atoms with Crippen LogP contribution in [0.2, 0.25) is 5.02 Å². The summed E-state index contributed by atoms with van der Waals surface area (Å²) < 4.78 is 37.1. The van der Waals surface area contributed by atoms with Crippen molar-refractivity contribution >= 4 is 17.6 Å². The number of amides is 2. The molecule has 1 aliphatic rings. The van der Waals surface area contributed by atoms with E-state index in [1.807, 2.05) is 6.07 Å². The first-order chi connectivity index (χ1) is 10.7. The molecule has 0 aliphatic carbocycles. The smallest absolute Gasteiger partial charge is 0.334 e. The number of alkyl halides is 3. The van der Waals surface area contributed by atoms with Crippen LogP contribution in [0.5, 0.6) is 0 Å². The molecule has 4 nitrogen and oxygen atoms in total. The van der Waals surface area contributed by atoms with E-state index in [0.717, 1.165) is 5.56 Å². The molecular weight excluding hydrogens is 331 g/mol. The number of urea groups is 1. The molecule has 1 aromatic carbocycles. The summed E-state index contributed by atoms with van der Waals surface area (Å²) in [6, 6.07) is 6.62. The first-order valence-electron chi connectivity index (χ1n) is 7.28. The number of carbonyl (C=O) groups is 1. The Bertz CT molecular complexity index is 553. The fourth-order valence-electron chi connectivity index (χ4n) is 2.61. The number of hydrogen-bond acceptors (Lipinski definition) is 2. The summed E-state index contributed by atoms with van der Waals surface area (Å²) in [7, 11) is 1.64. The number of nitrogens with one attached hydrogen (secondary N) is 1. The molecule has 1 atom stereocenters. The van der Waals surface area contributed by atoms with Gasteiger partial charge < -0.3 is 10.2 Å². The molecule has 0 spiro atoms. The Morgan fingerprint density at radius 1 is 1.48 bits per heavy atom. The maximum Gasteiger partial charge on any atom is 0.401 e. The highest BCUT2D eigenvalue weighted by Gasteiger charge is 2.34. The quantitative estimate of drug-likeness (QED) is 0.906. The molecule has 1 N–H and O–H groups in total. The van der Waals surface area contributed by atoms with Crippen LogP contribution >= 0.6 is 11.6 Å². The van der Waals surface area contributed by atoms with Gasteiger partial charge in [-0.05, 0) is 24.1 Å². The maximum atomic E-state index is 12.4. The fraction of sp³-hybridized carbons (Fsp3) is 0.533. The van der Waals surface area contributed by atoms with Gasteiger partial charge in [-0.3, -0.25) is 4.90 Å². The third-order valence-electron chi connectivity index (χ3n) is 3.66. The third-order valence-corrected chi connectivity index (χ3v) is 3.89. The number of halogens is 4. The molecule has 1 unspecified atom stereocenters. The highest BCUT2D eigenvalue weighted by Crippen LogP contribution is 2.20. The lowest BCUT2D eigenvalue weighted by Gasteiger charge is -2.22. The average molecular weight is 350 g/mol. The van der Waals surface area contributed by atoms with Crippen molar-refractivity contribution in [3.05, 3.63) is 34.9 Å². The van der Waals surface area contributed by atoms with E-state index in [0.29, 0.717) is 24.5 Å². The van der Waals surface area contributed by atoms with E-state index in [1.165, 1.54) is 9.80 Å². The van der Waals surface area contributed by atoms with Crippen molar-refractivity contribution < 1.29 is 18.0 Å². The Balaban J connectivity index is 1.80. The van der Waals surface area contributed by atoms with Crippen LogP contribution in [0, 0.1) is 0 Å². The molecule has 2 rings (SSSR count). The molecule has 1 aromatic rings. The minimum atomic E-state index is -4.21. The van der Waals surface area contributed by atoms with Crippen LogP contribution in [-0.2, 0) is 6.54 Å². The molecule has 8 heteroatoms. The van der Waals surface area contributed by atoms with Gasteiger partial charge in [0.15, 0.2) is 0 Å². The average Bonchev–Trinajstić information content (AvgIpc) is 2.83. The van der Waals surface area contributed by atoms with Gasteiger partial charge in [-0.25, -0.2) is 4.79 Å². The molecule has 1 aliphatic heterocycles. The molecule has 2 amide bonds.